The van der Waals surface area contributed by atoms with Crippen LogP contribution in [0.3, 0.4) is 0 Å². The number of ether oxygens (including phenoxy) is 2. The van der Waals surface area contributed by atoms with Crippen molar-refractivity contribution in [2.45, 2.75) is 71.6 Å². The van der Waals surface area contributed by atoms with E-state index in [4.69, 9.17) is 15.2 Å². The van der Waals surface area contributed by atoms with Crippen LogP contribution in [0.4, 0.5) is 10.5 Å². The van der Waals surface area contributed by atoms with E-state index < -0.39 is 88.1 Å². The van der Waals surface area contributed by atoms with Gasteiger partial charge < -0.3 is 45.4 Å². The number of aliphatic hydroxyl groups is 3. The minimum absolute atomic E-state index is 0.0465. The van der Waals surface area contributed by atoms with Crippen molar-refractivity contribution >= 4 is 41.0 Å². The quantitative estimate of drug-likeness (QED) is 0.135. The molecule has 15 nitrogen and oxygen atoms in total. The molecule has 1 saturated carbocycles. The molecule has 1 aromatic carbocycles. The molecule has 50 heavy (non-hydrogen) atoms. The molecule has 0 spiro atoms. The molecule has 4 atom stereocenters. The number of anilines is 1. The molecule has 0 radical (unpaired) electrons. The molecule has 0 bridgehead atoms. The molecule has 0 unspecified atom stereocenters. The average molecular weight is 701 g/mol. The number of phenolic OH excluding ortho intramolecular Hbond substituents is 1. The zero-order valence-electron chi connectivity index (χ0n) is 29.8. The molecule has 0 aromatic heterocycles. The number of rotatable bonds is 10. The van der Waals surface area contributed by atoms with Crippen LogP contribution in [0.1, 0.15) is 63.6 Å². The number of nitrogens with zero attached hydrogens (tertiary/aromatic N) is 3. The standard InChI is InChI=1S/C35H48N4O11/c1-9-10-22(40)49-16-50-33(47)39(15-34(2,3)4)14-18-13-21(37(5)6)19-11-17-12-20-26(38(7)8)29(43)25(32(36)46)31(45)35(20,48)30(44)23(17)28(42)24(19)27(18)41/h13,17,20,26,41-42,45,48H,9-12,14-16H2,1-8H3,(H2,36,46)/t17-,20-,26-,35-/m0/s1. The second kappa shape index (κ2) is 13.9. The first-order valence-corrected chi connectivity index (χ1v) is 16.4. The Hall–Kier alpha value is -4.63. The lowest BCUT2D eigenvalue weighted by Gasteiger charge is -2.50. The Balaban J connectivity index is 1.83. The molecule has 0 saturated heterocycles. The van der Waals surface area contributed by atoms with Gasteiger partial charge in [-0.2, -0.15) is 0 Å². The molecule has 15 heteroatoms. The van der Waals surface area contributed by atoms with Crippen LogP contribution in [0.5, 0.6) is 5.75 Å². The second-order valence-electron chi connectivity index (χ2n) is 14.8. The van der Waals surface area contributed by atoms with Gasteiger partial charge in [0.2, 0.25) is 12.6 Å². The molecule has 4 rings (SSSR count). The van der Waals surface area contributed by atoms with E-state index in [2.05, 4.69) is 0 Å². The number of aromatic hydroxyl groups is 1. The Morgan fingerprint density at radius 3 is 2.24 bits per heavy atom. The number of phenols is 1. The van der Waals surface area contributed by atoms with Crippen LogP contribution >= 0.6 is 0 Å². The number of nitrogens with two attached hydrogens (primary N) is 1. The van der Waals surface area contributed by atoms with Crippen molar-refractivity contribution < 1.29 is 53.9 Å². The van der Waals surface area contributed by atoms with Gasteiger partial charge in [0.05, 0.1) is 18.2 Å². The number of aliphatic hydroxyl groups excluding tert-OH is 2. The summed E-state index contributed by atoms with van der Waals surface area (Å²) in [5.41, 5.74) is 2.18. The molecular weight excluding hydrogens is 652 g/mol. The Kier molecular flexibility index (Phi) is 10.6. The lowest BCUT2D eigenvalue weighted by atomic mass is 9.57. The summed E-state index contributed by atoms with van der Waals surface area (Å²) in [5, 5.41) is 46.6. The van der Waals surface area contributed by atoms with E-state index in [1.54, 1.807) is 32.0 Å². The molecule has 2 amide bonds. The molecule has 0 heterocycles. The predicted molar refractivity (Wildman–Crippen MR) is 181 cm³/mol. The fraction of sp³-hybridized carbons (Fsp3) is 0.571. The molecule has 1 fully saturated rings. The third kappa shape index (κ3) is 6.75. The largest absolute Gasteiger partial charge is 0.508 e. The highest BCUT2D eigenvalue weighted by atomic mass is 16.7. The number of primary amides is 1. The van der Waals surface area contributed by atoms with E-state index in [0.717, 1.165) is 0 Å². The van der Waals surface area contributed by atoms with E-state index in [1.807, 2.05) is 20.8 Å². The van der Waals surface area contributed by atoms with Crippen LogP contribution < -0.4 is 10.6 Å². The summed E-state index contributed by atoms with van der Waals surface area (Å²) in [6, 6.07) is 0.471. The van der Waals surface area contributed by atoms with Crippen molar-refractivity contribution in [3.63, 3.8) is 0 Å². The zero-order valence-corrected chi connectivity index (χ0v) is 29.8. The lowest BCUT2D eigenvalue weighted by molar-refractivity contribution is -0.154. The number of likely N-dealkylation sites (N-methyl/N-ethyl adjacent to an activating group) is 1. The Morgan fingerprint density at radius 2 is 1.70 bits per heavy atom. The van der Waals surface area contributed by atoms with E-state index in [-0.39, 0.29) is 49.1 Å². The van der Waals surface area contributed by atoms with Crippen LogP contribution in [0.25, 0.3) is 5.76 Å². The predicted octanol–water partition coefficient (Wildman–Crippen LogP) is 2.32. The fourth-order valence-electron chi connectivity index (χ4n) is 7.34. The number of carbonyl (C=O) groups excluding carboxylic acids is 5. The van der Waals surface area contributed by atoms with Crippen molar-refractivity contribution in [2.75, 3.05) is 46.4 Å². The maximum atomic E-state index is 14.3. The number of ketones is 2. The number of hydrogen-bond acceptors (Lipinski definition) is 13. The SMILES string of the molecule is CCCC(=O)OCOC(=O)N(Cc1cc(N(C)C)c2c(c1O)C(O)=C1C(=O)[C@]3(O)C(O)=C(C(N)=O)C(=O)[C@@H](N(C)C)[C@@H]3C[C@@H]1C2)CC(C)(C)C. The fourth-order valence-corrected chi connectivity index (χ4v) is 7.34. The summed E-state index contributed by atoms with van der Waals surface area (Å²) in [5.74, 6) is -7.97. The van der Waals surface area contributed by atoms with Gasteiger partial charge in [0, 0.05) is 49.8 Å². The van der Waals surface area contributed by atoms with Gasteiger partial charge >= 0.3 is 12.1 Å². The van der Waals surface area contributed by atoms with Crippen molar-refractivity contribution in [2.24, 2.45) is 23.0 Å². The third-order valence-corrected chi connectivity index (χ3v) is 9.40. The highest BCUT2D eigenvalue weighted by Crippen LogP contribution is 2.54. The van der Waals surface area contributed by atoms with Crippen LogP contribution in [-0.2, 0) is 41.6 Å². The van der Waals surface area contributed by atoms with Crippen LogP contribution in [0.15, 0.2) is 23.0 Å². The van der Waals surface area contributed by atoms with Gasteiger partial charge in [-0.15, -0.1) is 0 Å². The molecule has 3 aliphatic rings. The van der Waals surface area contributed by atoms with Crippen LogP contribution in [0.2, 0.25) is 0 Å². The van der Waals surface area contributed by atoms with Gasteiger partial charge in [-0.25, -0.2) is 4.79 Å². The van der Waals surface area contributed by atoms with Crippen LogP contribution in [-0.4, -0.2) is 113 Å². The van der Waals surface area contributed by atoms with Crippen molar-refractivity contribution in [1.82, 2.24) is 9.80 Å². The number of Topliss-reactive ketones (excluding diaryl/α,β-unsaturated/α-hetero) is 2. The highest BCUT2D eigenvalue weighted by Gasteiger charge is 2.64. The van der Waals surface area contributed by atoms with Gasteiger partial charge in [-0.1, -0.05) is 27.7 Å². The third-order valence-electron chi connectivity index (χ3n) is 9.40. The number of amides is 2. The smallest absolute Gasteiger partial charge is 0.412 e. The molecule has 3 aliphatic carbocycles. The number of benzene rings is 1. The number of fused-ring (bicyclic) bond motifs is 3. The minimum atomic E-state index is -2.77. The number of esters is 1. The van der Waals surface area contributed by atoms with Crippen molar-refractivity contribution in [1.29, 1.82) is 0 Å². The van der Waals surface area contributed by atoms with E-state index >= 15 is 0 Å². The maximum Gasteiger partial charge on any atom is 0.412 e. The van der Waals surface area contributed by atoms with Gasteiger partial charge in [-0.05, 0) is 56.3 Å². The molecular formula is C35H48N4O11. The van der Waals surface area contributed by atoms with Gasteiger partial charge in [0.15, 0.2) is 11.4 Å². The van der Waals surface area contributed by atoms with Crippen LogP contribution in [0, 0.1) is 17.3 Å². The van der Waals surface area contributed by atoms with Crippen molar-refractivity contribution in [3.05, 3.63) is 39.7 Å². The summed E-state index contributed by atoms with van der Waals surface area (Å²) < 4.78 is 10.2. The summed E-state index contributed by atoms with van der Waals surface area (Å²) in [7, 11) is 6.57. The first kappa shape index (κ1) is 38.2. The minimum Gasteiger partial charge on any atom is -0.508 e. The first-order valence-electron chi connectivity index (χ1n) is 16.4. The monoisotopic (exact) mass is 700 g/mol. The lowest BCUT2D eigenvalue weighted by Crippen LogP contribution is -2.65. The summed E-state index contributed by atoms with van der Waals surface area (Å²) in [4.78, 5) is 69.5. The highest BCUT2D eigenvalue weighted by molar-refractivity contribution is 6.24. The summed E-state index contributed by atoms with van der Waals surface area (Å²) in [6.45, 7) is 6.83. The second-order valence-corrected chi connectivity index (χ2v) is 14.8. The normalized spacial score (nSPS) is 23.3. The topological polar surface area (TPSA) is 220 Å². The molecule has 274 valence electrons. The Bertz CT molecular complexity index is 1670. The van der Waals surface area contributed by atoms with E-state index in [1.165, 1.54) is 23.9 Å². The average Bonchev–Trinajstić information content (AvgIpc) is 2.98. The van der Waals surface area contributed by atoms with Gasteiger partial charge in [0.1, 0.15) is 22.8 Å². The van der Waals surface area contributed by atoms with E-state index in [0.29, 0.717) is 17.7 Å². The molecule has 6 N–H and O–H groups in total. The summed E-state index contributed by atoms with van der Waals surface area (Å²) in [6.07, 6.45) is -0.0358. The molecule has 0 aliphatic heterocycles. The summed E-state index contributed by atoms with van der Waals surface area (Å²) >= 11 is 0. The number of hydrogen-bond donors (Lipinski definition) is 5. The number of carbonyl (C=O) groups is 5. The van der Waals surface area contributed by atoms with E-state index in [9.17, 15) is 44.4 Å². The Morgan fingerprint density at radius 1 is 1.06 bits per heavy atom. The van der Waals surface area contributed by atoms with Gasteiger partial charge in [0.25, 0.3) is 5.91 Å². The van der Waals surface area contributed by atoms with Gasteiger partial charge in [-0.3, -0.25) is 24.1 Å². The maximum absolute atomic E-state index is 14.3. The zero-order chi connectivity index (χ0) is 37.6. The Labute approximate surface area is 290 Å². The molecule has 1 aromatic rings. The van der Waals surface area contributed by atoms with Crippen molar-refractivity contribution in [3.8, 4) is 5.75 Å². The first-order chi connectivity index (χ1) is 23.2.